The van der Waals surface area contributed by atoms with Gasteiger partial charge in [0.1, 0.15) is 34.0 Å². The second kappa shape index (κ2) is 33.5. The number of rotatable bonds is 8. The number of aryl methyl sites for hydroxylation is 16. The van der Waals surface area contributed by atoms with Crippen molar-refractivity contribution in [3.63, 3.8) is 0 Å². The molecule has 12 aromatic carbocycles. The van der Waals surface area contributed by atoms with Crippen LogP contribution in [0.1, 0.15) is 75.5 Å². The Bertz CT molecular complexity index is 8900. The Kier molecular flexibility index (Phi) is 19.4. The first-order valence-electron chi connectivity index (χ1n) is 47.8. The lowest BCUT2D eigenvalue weighted by molar-refractivity contribution is -0.660. The zero-order chi connectivity index (χ0) is 96.6. The minimum absolute atomic E-state index is 0.238. The zero-order valence-electron chi connectivity index (χ0n) is 82.5. The molecule has 24 aromatic rings. The fraction of sp³-hybridized carbons (Fsp3) is 0.133. The molecule has 24 rings (SSSR count). The van der Waals surface area contributed by atoms with E-state index >= 15 is 0 Å². The third kappa shape index (κ3) is 14.7. The number of benzene rings is 12. The highest BCUT2D eigenvalue weighted by Gasteiger charge is 2.32. The molecule has 133 heavy (non-hydrogen) atoms. The summed E-state index contributed by atoms with van der Waals surface area (Å²) in [5.74, 6) is -0.238. The third-order valence-electron chi connectivity index (χ3n) is 26.5. The van der Waals surface area contributed by atoms with Crippen LogP contribution < -0.4 is 18.3 Å². The van der Waals surface area contributed by atoms with Gasteiger partial charge >= 0.3 is 0 Å². The van der Waals surface area contributed by atoms with Gasteiger partial charge in [-0.2, -0.15) is 0 Å². The topological polar surface area (TPSA) is 120 Å². The molecular formula is C120H99FN8O4+4. The summed E-state index contributed by atoms with van der Waals surface area (Å²) < 4.78 is 96.8. The summed E-state index contributed by atoms with van der Waals surface area (Å²) in [6, 6.07) is 95.8. The van der Waals surface area contributed by atoms with Gasteiger partial charge in [-0.25, -0.2) is 42.6 Å². The Hall–Kier alpha value is -16.0. The van der Waals surface area contributed by atoms with Gasteiger partial charge in [0.05, 0.1) is 22.3 Å². The standard InChI is InChI=1S/C31H27N2O.2C30H25N2O.C29H22FN2O/c1-18-10-13-22(14-11-18)26-16-27(33(5)17-19(26)2)28-21(4)23-8-6-7-9-24(23)29-25-15-12-20(3)32-31(25)34-30(28)29;1-18-17-32(4)26(16-25(18)21-10-6-5-7-11-21)27-20(3)22-12-8-9-13-23(22)28-24-15-14-19(2)31-30(24)33-29(27)28;1-18-9-12-21(13-10-18)22-15-16-32(4)26(17-22)27-20(3)23-7-5-6-8-24(23)28-25-14-11-19(2)31-30(25)33-29(27)28;1-17-8-13-24-27-23-7-5-4-6-22(23)18(2)26(28(27)33-29(24)31-17)25-16-20(14-15-32(25)3)19-9-11-21(30)12-10-19/h6-17H,1-5H3;2*5-17H,1-4H3;4-16H,1-3H3/q4*+1/i2D3;1D3;;. The van der Waals surface area contributed by atoms with E-state index in [0.717, 1.165) is 205 Å². The molecule has 0 bridgehead atoms. The molecule has 0 saturated heterocycles. The maximum Gasteiger partial charge on any atom is 0.227 e. The summed E-state index contributed by atoms with van der Waals surface area (Å²) in [5.41, 5.74) is 32.5. The van der Waals surface area contributed by atoms with Crippen molar-refractivity contribution in [3.8, 4) is 89.5 Å². The summed E-state index contributed by atoms with van der Waals surface area (Å²) in [5, 5.41) is 17.6. The lowest BCUT2D eigenvalue weighted by Crippen LogP contribution is -2.31. The molecule has 12 heterocycles. The largest absolute Gasteiger partial charge is 0.437 e. The number of hydrogen-bond acceptors (Lipinski definition) is 8. The molecule has 646 valence electrons. The van der Waals surface area contributed by atoms with Crippen LogP contribution in [0.2, 0.25) is 0 Å². The molecule has 0 radical (unpaired) electrons. The van der Waals surface area contributed by atoms with Crippen molar-refractivity contribution in [2.75, 3.05) is 0 Å². The SMILES string of the molecule is Cc1ccc(-c2cc[n+](C)c(-c3c(C)c4ccccc4c4c3oc3nc(C)ccc34)c2)cc1.Cc1ccc2c(n1)oc1c(-c3cc(-c4ccc(F)cc4)cc[n+]3C)c(C)c3ccccc3c12.[2H]C([2H])([2H])c1c[n+](C)c(-c2c(C)c3ccccc3c3c2oc2nc(C)ccc23)cc1-c1ccc(C)cc1.[2H]C([2H])([2H])c1c[n+](C)c(-c2c(C)c3ccccc3c3c2oc2nc(C)ccc23)cc1-c1ccccc1. The number of nitrogens with zero attached hydrogens (tertiary/aromatic N) is 8. The second-order valence-electron chi connectivity index (χ2n) is 35.3. The van der Waals surface area contributed by atoms with Crippen LogP contribution in [0.5, 0.6) is 0 Å². The monoisotopic (exact) mass is 1740 g/mol. The Labute approximate surface area is 778 Å². The molecule has 0 aliphatic rings. The van der Waals surface area contributed by atoms with E-state index in [2.05, 4.69) is 218 Å². The number of fused-ring (bicyclic) bond motifs is 20. The van der Waals surface area contributed by atoms with E-state index in [1.165, 1.54) is 50.5 Å². The number of hydrogen-bond donors (Lipinski definition) is 0. The van der Waals surface area contributed by atoms with Crippen molar-refractivity contribution in [1.29, 1.82) is 0 Å². The molecule has 0 aliphatic carbocycles. The van der Waals surface area contributed by atoms with E-state index in [4.69, 9.17) is 30.9 Å². The fourth-order valence-electron chi connectivity index (χ4n) is 19.6. The van der Waals surface area contributed by atoms with E-state index in [1.54, 1.807) is 12.4 Å². The van der Waals surface area contributed by atoms with Crippen molar-refractivity contribution in [2.45, 2.75) is 82.9 Å². The lowest BCUT2D eigenvalue weighted by Gasteiger charge is -2.13. The molecule has 12 aromatic heterocycles. The van der Waals surface area contributed by atoms with Crippen LogP contribution in [0.25, 0.3) is 221 Å². The Morgan fingerprint density at radius 1 is 0.256 bits per heavy atom. The van der Waals surface area contributed by atoms with Gasteiger partial charge in [-0.3, -0.25) is 0 Å². The maximum atomic E-state index is 13.5. The minimum Gasteiger partial charge on any atom is -0.437 e. The molecule has 0 spiro atoms. The Morgan fingerprint density at radius 3 is 0.835 bits per heavy atom. The highest BCUT2D eigenvalue weighted by Crippen LogP contribution is 2.49. The van der Waals surface area contributed by atoms with Crippen molar-refractivity contribution < 1.29 is 48.6 Å². The fourth-order valence-corrected chi connectivity index (χ4v) is 19.6. The van der Waals surface area contributed by atoms with Crippen LogP contribution in [0.15, 0.2) is 328 Å². The average molecular weight is 1740 g/mol. The summed E-state index contributed by atoms with van der Waals surface area (Å²) >= 11 is 0. The molecule has 0 N–H and O–H groups in total. The van der Waals surface area contributed by atoms with Gasteiger partial charge in [-0.15, -0.1) is 0 Å². The van der Waals surface area contributed by atoms with Crippen LogP contribution >= 0.6 is 0 Å². The quantitative estimate of drug-likeness (QED) is 0.138. The lowest BCUT2D eigenvalue weighted by atomic mass is 9.91. The van der Waals surface area contributed by atoms with Gasteiger partial charge < -0.3 is 17.7 Å². The van der Waals surface area contributed by atoms with E-state index in [-0.39, 0.29) is 5.82 Å². The predicted octanol–water partition coefficient (Wildman–Crippen LogP) is 29.0. The number of pyridine rings is 8. The van der Waals surface area contributed by atoms with Crippen LogP contribution in [-0.2, 0) is 28.2 Å². The molecule has 0 amide bonds. The van der Waals surface area contributed by atoms with Crippen molar-refractivity contribution in [1.82, 2.24) is 19.9 Å². The summed E-state index contributed by atoms with van der Waals surface area (Å²) in [7, 11) is 7.93. The normalized spacial score (nSPS) is 12.5. The average Bonchev–Trinajstić information content (AvgIpc) is 1.61. The van der Waals surface area contributed by atoms with Gasteiger partial charge in [0.2, 0.25) is 45.6 Å². The van der Waals surface area contributed by atoms with Crippen LogP contribution in [0, 0.1) is 88.8 Å². The smallest absolute Gasteiger partial charge is 0.227 e. The van der Waals surface area contributed by atoms with Crippen LogP contribution in [0.3, 0.4) is 0 Å². The Balaban J connectivity index is 0.000000110. The second-order valence-corrected chi connectivity index (χ2v) is 35.3. The van der Waals surface area contributed by atoms with Gasteiger partial charge in [-0.05, 0) is 253 Å². The van der Waals surface area contributed by atoms with Crippen LogP contribution in [-0.4, -0.2) is 19.9 Å². The molecule has 0 aliphatic heterocycles. The van der Waals surface area contributed by atoms with Crippen LogP contribution in [0.4, 0.5) is 4.39 Å². The summed E-state index contributed by atoms with van der Waals surface area (Å²) in [4.78, 5) is 18.7. The zero-order valence-corrected chi connectivity index (χ0v) is 76.5. The summed E-state index contributed by atoms with van der Waals surface area (Å²) in [6.07, 6.45) is 7.65. The van der Waals surface area contributed by atoms with Crippen molar-refractivity contribution in [2.24, 2.45) is 28.2 Å². The van der Waals surface area contributed by atoms with E-state index in [1.807, 2.05) is 198 Å². The van der Waals surface area contributed by atoms with Crippen molar-refractivity contribution in [3.05, 3.63) is 383 Å². The van der Waals surface area contributed by atoms with Gasteiger partial charge in [0.25, 0.3) is 0 Å². The maximum absolute atomic E-state index is 13.5. The van der Waals surface area contributed by atoms with Gasteiger partial charge in [0.15, 0.2) is 47.1 Å². The van der Waals surface area contributed by atoms with Crippen molar-refractivity contribution >= 4 is 131 Å². The summed E-state index contributed by atoms with van der Waals surface area (Å²) in [6.45, 7) is 16.1. The molecule has 0 fully saturated rings. The first-order chi connectivity index (χ1) is 66.9. The number of halogens is 1. The number of aromatic nitrogens is 8. The molecule has 0 unspecified atom stereocenters. The van der Waals surface area contributed by atoms with Gasteiger partial charge in [0, 0.05) is 122 Å². The van der Waals surface area contributed by atoms with E-state index in [0.29, 0.717) is 45.1 Å². The molecule has 12 nitrogen and oxygen atoms in total. The minimum atomic E-state index is -2.26. The molecular weight excluding hydrogens is 1640 g/mol. The highest BCUT2D eigenvalue weighted by molar-refractivity contribution is 6.27. The molecule has 0 atom stereocenters. The Morgan fingerprint density at radius 2 is 0.526 bits per heavy atom. The first kappa shape index (κ1) is 77.0. The third-order valence-corrected chi connectivity index (χ3v) is 26.5. The molecule has 0 saturated carbocycles. The van der Waals surface area contributed by atoms with E-state index in [9.17, 15) is 4.39 Å². The number of furan rings is 4. The van der Waals surface area contributed by atoms with Gasteiger partial charge in [-0.1, -0.05) is 199 Å². The molecule has 13 heteroatoms. The van der Waals surface area contributed by atoms with E-state index < -0.39 is 13.7 Å². The highest BCUT2D eigenvalue weighted by atomic mass is 19.1. The first-order valence-corrected chi connectivity index (χ1v) is 44.8. The predicted molar refractivity (Wildman–Crippen MR) is 541 cm³/mol.